The maximum Gasteiger partial charge on any atom is 0.150 e. The minimum absolute atomic E-state index is 0.136. The summed E-state index contributed by atoms with van der Waals surface area (Å²) in [5, 5.41) is 0. The maximum atomic E-state index is 11.7. The molecule has 0 bridgehead atoms. The molecule has 0 aromatic carbocycles. The Bertz CT molecular complexity index is 313. The Hall–Kier alpha value is -1.03. The zero-order valence-electron chi connectivity index (χ0n) is 11.4. The highest BCUT2D eigenvalue weighted by molar-refractivity contribution is 6.10. The first-order chi connectivity index (χ1) is 7.55. The molecule has 0 rings (SSSR count). The summed E-state index contributed by atoms with van der Waals surface area (Å²) in [6.07, 6.45) is 0.00593. The maximum absolute atomic E-state index is 11.7. The first-order valence-corrected chi connectivity index (χ1v) is 5.90. The van der Waals surface area contributed by atoms with Crippen LogP contribution in [0.15, 0.2) is 0 Å². The van der Waals surface area contributed by atoms with E-state index in [4.69, 9.17) is 5.73 Å². The number of nitrogens with two attached hydrogens (primary N) is 1. The summed E-state index contributed by atoms with van der Waals surface area (Å²) in [5.41, 5.74) is 4.96. The zero-order chi connectivity index (χ0) is 13.8. The molecule has 4 nitrogen and oxygen atoms in total. The molecule has 0 saturated heterocycles. The van der Waals surface area contributed by atoms with Gasteiger partial charge < -0.3 is 5.73 Å². The molecule has 0 amide bonds. The summed E-state index contributed by atoms with van der Waals surface area (Å²) >= 11 is 0. The van der Waals surface area contributed by atoms with Gasteiger partial charge in [-0.05, 0) is 13.8 Å². The first kappa shape index (κ1) is 16.0. The van der Waals surface area contributed by atoms with Crippen molar-refractivity contribution in [3.63, 3.8) is 0 Å². The van der Waals surface area contributed by atoms with E-state index in [2.05, 4.69) is 0 Å². The van der Waals surface area contributed by atoms with Crippen LogP contribution in [0.1, 0.15) is 47.5 Å². The lowest BCUT2D eigenvalue weighted by molar-refractivity contribution is -0.136. The average molecular weight is 241 g/mol. The molecule has 0 fully saturated rings. The van der Waals surface area contributed by atoms with Crippen LogP contribution in [0.3, 0.4) is 0 Å². The second-order valence-corrected chi connectivity index (χ2v) is 5.69. The van der Waals surface area contributed by atoms with E-state index < -0.39 is 11.3 Å². The van der Waals surface area contributed by atoms with Crippen molar-refractivity contribution in [2.75, 3.05) is 0 Å². The molecule has 0 radical (unpaired) electrons. The van der Waals surface area contributed by atoms with Crippen LogP contribution in [-0.2, 0) is 14.4 Å². The molecule has 17 heavy (non-hydrogen) atoms. The van der Waals surface area contributed by atoms with Gasteiger partial charge in [-0.25, -0.2) is 0 Å². The van der Waals surface area contributed by atoms with Gasteiger partial charge in [0.15, 0.2) is 0 Å². The molecule has 0 spiro atoms. The minimum atomic E-state index is -0.729. The molecule has 0 aliphatic carbocycles. The van der Waals surface area contributed by atoms with Crippen LogP contribution in [0.2, 0.25) is 0 Å². The van der Waals surface area contributed by atoms with Gasteiger partial charge in [-0.3, -0.25) is 14.4 Å². The summed E-state index contributed by atoms with van der Waals surface area (Å²) < 4.78 is 0. The number of hydrogen-bond donors (Lipinski definition) is 1. The smallest absolute Gasteiger partial charge is 0.150 e. The third-order valence-electron chi connectivity index (χ3n) is 2.66. The topological polar surface area (TPSA) is 77.2 Å². The monoisotopic (exact) mass is 241 g/mol. The van der Waals surface area contributed by atoms with Crippen LogP contribution in [-0.4, -0.2) is 23.4 Å². The van der Waals surface area contributed by atoms with Gasteiger partial charge in [-0.1, -0.05) is 20.8 Å². The van der Waals surface area contributed by atoms with E-state index in [0.29, 0.717) is 0 Å². The lowest BCUT2D eigenvalue weighted by Crippen LogP contribution is -2.31. The van der Waals surface area contributed by atoms with Gasteiger partial charge in [0.05, 0.1) is 12.3 Å². The van der Waals surface area contributed by atoms with E-state index in [-0.39, 0.29) is 36.2 Å². The normalized spacial score (nSPS) is 15.2. The fourth-order valence-electron chi connectivity index (χ4n) is 1.25. The van der Waals surface area contributed by atoms with Gasteiger partial charge in [-0.2, -0.15) is 0 Å². The Labute approximate surface area is 103 Å². The highest BCUT2D eigenvalue weighted by atomic mass is 16.2. The molecule has 0 aliphatic rings. The molecule has 2 unspecified atom stereocenters. The zero-order valence-corrected chi connectivity index (χ0v) is 11.4. The average Bonchev–Trinajstić information content (AvgIpc) is 2.13. The highest BCUT2D eigenvalue weighted by Crippen LogP contribution is 2.18. The molecule has 0 aromatic heterocycles. The van der Waals surface area contributed by atoms with Gasteiger partial charge in [-0.15, -0.1) is 0 Å². The molecular formula is C13H23NO3. The molecule has 0 aromatic rings. The fraction of sp³-hybridized carbons (Fsp3) is 0.769. The Morgan fingerprint density at radius 2 is 1.53 bits per heavy atom. The van der Waals surface area contributed by atoms with Crippen molar-refractivity contribution in [2.24, 2.45) is 17.1 Å². The van der Waals surface area contributed by atoms with Crippen molar-refractivity contribution in [2.45, 2.75) is 53.5 Å². The van der Waals surface area contributed by atoms with Crippen LogP contribution in [0.5, 0.6) is 0 Å². The van der Waals surface area contributed by atoms with Gasteiger partial charge in [0.25, 0.3) is 0 Å². The minimum Gasteiger partial charge on any atom is -0.328 e. The van der Waals surface area contributed by atoms with Gasteiger partial charge >= 0.3 is 0 Å². The molecule has 0 aliphatic heterocycles. The second-order valence-electron chi connectivity index (χ2n) is 5.69. The first-order valence-electron chi connectivity index (χ1n) is 5.90. The van der Waals surface area contributed by atoms with Crippen LogP contribution < -0.4 is 5.73 Å². The summed E-state index contributed by atoms with van der Waals surface area (Å²) in [7, 11) is 0. The number of ketones is 3. The molecule has 2 N–H and O–H groups in total. The largest absolute Gasteiger partial charge is 0.328 e. The summed E-state index contributed by atoms with van der Waals surface area (Å²) in [6.45, 7) is 8.55. The Balaban J connectivity index is 4.43. The molecule has 2 atom stereocenters. The SMILES string of the molecule is CC(N)CC(=O)C(C)C(=O)CC(=O)C(C)(C)C. The highest BCUT2D eigenvalue weighted by Gasteiger charge is 2.28. The third-order valence-corrected chi connectivity index (χ3v) is 2.66. The Morgan fingerprint density at radius 1 is 1.06 bits per heavy atom. The van der Waals surface area contributed by atoms with Crippen molar-refractivity contribution in [1.29, 1.82) is 0 Å². The van der Waals surface area contributed by atoms with Crippen LogP contribution in [0.4, 0.5) is 0 Å². The molecule has 0 saturated carbocycles. The number of carbonyl (C=O) groups excluding carboxylic acids is 3. The van der Waals surface area contributed by atoms with Crippen molar-refractivity contribution < 1.29 is 14.4 Å². The summed E-state index contributed by atoms with van der Waals surface area (Å²) in [6, 6.07) is -0.254. The van der Waals surface area contributed by atoms with Gasteiger partial charge in [0, 0.05) is 17.9 Å². The lowest BCUT2D eigenvalue weighted by atomic mass is 9.85. The molecule has 4 heteroatoms. The van der Waals surface area contributed by atoms with Crippen LogP contribution in [0, 0.1) is 11.3 Å². The Kier molecular flexibility index (Phi) is 5.69. The van der Waals surface area contributed by atoms with Gasteiger partial charge in [0.1, 0.15) is 17.3 Å². The lowest BCUT2D eigenvalue weighted by Gasteiger charge is -2.17. The summed E-state index contributed by atoms with van der Waals surface area (Å²) in [4.78, 5) is 35.0. The van der Waals surface area contributed by atoms with Crippen molar-refractivity contribution in [1.82, 2.24) is 0 Å². The van der Waals surface area contributed by atoms with E-state index in [9.17, 15) is 14.4 Å². The van der Waals surface area contributed by atoms with E-state index in [1.54, 1.807) is 34.6 Å². The van der Waals surface area contributed by atoms with Gasteiger partial charge in [0.2, 0.25) is 0 Å². The predicted octanol–water partition coefficient (Wildman–Crippen LogP) is 1.50. The number of rotatable bonds is 6. The standard InChI is InChI=1S/C13H23NO3/c1-8(14)6-10(15)9(2)11(16)7-12(17)13(3,4)5/h8-9H,6-7,14H2,1-5H3. The number of hydrogen-bond acceptors (Lipinski definition) is 4. The van der Waals surface area contributed by atoms with E-state index in [1.807, 2.05) is 0 Å². The number of Topliss-reactive ketones (excluding diaryl/α,β-unsaturated/α-hetero) is 3. The molecular weight excluding hydrogens is 218 g/mol. The van der Waals surface area contributed by atoms with E-state index in [1.165, 1.54) is 0 Å². The van der Waals surface area contributed by atoms with Crippen molar-refractivity contribution >= 4 is 17.3 Å². The third kappa shape index (κ3) is 5.73. The molecule has 98 valence electrons. The van der Waals surface area contributed by atoms with E-state index >= 15 is 0 Å². The van der Waals surface area contributed by atoms with Crippen LogP contribution in [0.25, 0.3) is 0 Å². The molecule has 0 heterocycles. The summed E-state index contributed by atoms with van der Waals surface area (Å²) in [5.74, 6) is -1.36. The van der Waals surface area contributed by atoms with E-state index in [0.717, 1.165) is 0 Å². The quantitative estimate of drug-likeness (QED) is 0.715. The second kappa shape index (κ2) is 6.05. The van der Waals surface area contributed by atoms with Crippen molar-refractivity contribution in [3.8, 4) is 0 Å². The Morgan fingerprint density at radius 3 is 1.88 bits per heavy atom. The van der Waals surface area contributed by atoms with Crippen molar-refractivity contribution in [3.05, 3.63) is 0 Å². The number of carbonyl (C=O) groups is 3. The van der Waals surface area contributed by atoms with Crippen LogP contribution >= 0.6 is 0 Å². The fourth-order valence-corrected chi connectivity index (χ4v) is 1.25. The predicted molar refractivity (Wildman–Crippen MR) is 66.5 cm³/mol.